The number of thiazole rings is 1. The van der Waals surface area contributed by atoms with Crippen LogP contribution in [-0.4, -0.2) is 30.1 Å². The molecule has 5 nitrogen and oxygen atoms in total. The molecule has 1 aromatic heterocycles. The Kier molecular flexibility index (Phi) is 5.53. The molecule has 1 heterocycles. The summed E-state index contributed by atoms with van der Waals surface area (Å²) in [6.07, 6.45) is 4.49. The molecule has 1 fully saturated rings. The van der Waals surface area contributed by atoms with Gasteiger partial charge < -0.3 is 15.8 Å². The van der Waals surface area contributed by atoms with E-state index in [4.69, 9.17) is 10.5 Å². The number of carbonyl (C=O) groups is 1. The van der Waals surface area contributed by atoms with Crippen LogP contribution in [0.2, 0.25) is 0 Å². The molecule has 1 aliphatic rings. The Balaban J connectivity index is 1.73. The molecule has 0 radical (unpaired) electrons. The van der Waals surface area contributed by atoms with Crippen molar-refractivity contribution < 1.29 is 9.53 Å². The zero-order chi connectivity index (χ0) is 14.4. The van der Waals surface area contributed by atoms with E-state index in [-0.39, 0.29) is 5.91 Å². The normalized spacial score (nSPS) is 20.7. The molecule has 0 saturated heterocycles. The summed E-state index contributed by atoms with van der Waals surface area (Å²) in [6.45, 7) is 3.06. The first kappa shape index (κ1) is 15.0. The molecule has 108 valence electrons. The van der Waals surface area contributed by atoms with Gasteiger partial charge in [-0.1, -0.05) is 23.2 Å². The summed E-state index contributed by atoms with van der Waals surface area (Å²) in [6, 6.07) is 0. The summed E-state index contributed by atoms with van der Waals surface area (Å²) in [7, 11) is 0. The van der Waals surface area contributed by atoms with Crippen LogP contribution < -0.4 is 11.1 Å². The Hall–Kier alpha value is -1.42. The third-order valence-corrected chi connectivity index (χ3v) is 3.96. The molecule has 0 atom stereocenters. The number of nitrogens with one attached hydrogen (secondary N) is 1. The minimum absolute atomic E-state index is 0.0117. The largest absolute Gasteiger partial charge is 0.378 e. The van der Waals surface area contributed by atoms with Crippen molar-refractivity contribution in [2.24, 2.45) is 11.7 Å². The van der Waals surface area contributed by atoms with E-state index in [1.165, 1.54) is 11.3 Å². The van der Waals surface area contributed by atoms with Crippen molar-refractivity contribution in [3.63, 3.8) is 0 Å². The number of amides is 1. The van der Waals surface area contributed by atoms with Crippen LogP contribution in [0.15, 0.2) is 6.20 Å². The smallest absolute Gasteiger partial charge is 0.226 e. The molecular weight excluding hydrogens is 274 g/mol. The van der Waals surface area contributed by atoms with E-state index in [9.17, 15) is 4.79 Å². The van der Waals surface area contributed by atoms with Crippen molar-refractivity contribution in [3.05, 3.63) is 11.1 Å². The van der Waals surface area contributed by atoms with Crippen molar-refractivity contribution in [3.8, 4) is 11.8 Å². The Bertz CT molecular complexity index is 512. The molecule has 1 aliphatic carbocycles. The van der Waals surface area contributed by atoms with E-state index in [2.05, 4.69) is 22.1 Å². The van der Waals surface area contributed by atoms with Gasteiger partial charge in [0.2, 0.25) is 5.91 Å². The van der Waals surface area contributed by atoms with E-state index >= 15 is 0 Å². The molecular formula is C14H19N3O2S. The zero-order valence-electron chi connectivity index (χ0n) is 11.5. The van der Waals surface area contributed by atoms with Crippen molar-refractivity contribution in [1.82, 2.24) is 4.98 Å². The average molecular weight is 293 g/mol. The third-order valence-electron chi connectivity index (χ3n) is 3.13. The molecule has 0 bridgehead atoms. The maximum atomic E-state index is 11.9. The monoisotopic (exact) mass is 293 g/mol. The highest BCUT2D eigenvalue weighted by atomic mass is 32.1. The molecule has 2 rings (SSSR count). The Morgan fingerprint density at radius 3 is 3.15 bits per heavy atom. The predicted octanol–water partition coefficient (Wildman–Crippen LogP) is 1.60. The number of hydrogen-bond acceptors (Lipinski definition) is 5. The van der Waals surface area contributed by atoms with Gasteiger partial charge in [-0.05, 0) is 25.7 Å². The van der Waals surface area contributed by atoms with Crippen LogP contribution in [0.3, 0.4) is 0 Å². The van der Waals surface area contributed by atoms with E-state index in [0.29, 0.717) is 30.1 Å². The summed E-state index contributed by atoms with van der Waals surface area (Å²) in [5, 5.41) is 3.41. The second-order valence-electron chi connectivity index (χ2n) is 4.70. The van der Waals surface area contributed by atoms with Gasteiger partial charge in [0.1, 0.15) is 0 Å². The second-order valence-corrected chi connectivity index (χ2v) is 5.73. The Morgan fingerprint density at radius 2 is 2.45 bits per heavy atom. The minimum atomic E-state index is 0.0117. The minimum Gasteiger partial charge on any atom is -0.378 e. The topological polar surface area (TPSA) is 77.2 Å². The van der Waals surface area contributed by atoms with Gasteiger partial charge in [0.25, 0.3) is 0 Å². The molecule has 0 aromatic carbocycles. The maximum absolute atomic E-state index is 11.9. The second kappa shape index (κ2) is 7.39. The van der Waals surface area contributed by atoms with Gasteiger partial charge in [-0.2, -0.15) is 0 Å². The molecule has 0 unspecified atom stereocenters. The lowest BCUT2D eigenvalue weighted by Crippen LogP contribution is -2.33. The highest BCUT2D eigenvalue weighted by molar-refractivity contribution is 7.16. The van der Waals surface area contributed by atoms with E-state index < -0.39 is 0 Å². The van der Waals surface area contributed by atoms with Crippen LogP contribution in [0.4, 0.5) is 5.13 Å². The molecule has 0 aliphatic heterocycles. The fourth-order valence-corrected chi connectivity index (χ4v) is 2.88. The summed E-state index contributed by atoms with van der Waals surface area (Å²) < 4.78 is 5.48. The quantitative estimate of drug-likeness (QED) is 0.808. The van der Waals surface area contributed by atoms with E-state index in [1.807, 2.05) is 6.92 Å². The standard InChI is InChI=1S/C14H19N3O2S/c1-2-19-11-6-10(7-11)8-13(18)17-14-16-9-12(20-14)4-3-5-15/h9-11H,2,5-8,15H2,1H3,(H,16,17,18). The SMILES string of the molecule is CCOC1CC(CC(=O)Nc2ncc(C#CCN)s2)C1. The fraction of sp³-hybridized carbons (Fsp3) is 0.571. The third kappa shape index (κ3) is 4.30. The number of ether oxygens (including phenoxy) is 1. The van der Waals surface area contributed by atoms with Crippen molar-refractivity contribution in [2.75, 3.05) is 18.5 Å². The summed E-state index contributed by atoms with van der Waals surface area (Å²) in [5.41, 5.74) is 5.30. The Morgan fingerprint density at radius 1 is 1.65 bits per heavy atom. The number of hydrogen-bond donors (Lipinski definition) is 2. The number of nitrogens with zero attached hydrogens (tertiary/aromatic N) is 1. The first-order valence-corrected chi connectivity index (χ1v) is 7.59. The van der Waals surface area contributed by atoms with Crippen molar-refractivity contribution in [1.29, 1.82) is 0 Å². The summed E-state index contributed by atoms with van der Waals surface area (Å²) in [4.78, 5) is 16.8. The lowest BCUT2D eigenvalue weighted by molar-refractivity contribution is -0.119. The van der Waals surface area contributed by atoms with Gasteiger partial charge in [-0.3, -0.25) is 4.79 Å². The van der Waals surface area contributed by atoms with E-state index in [0.717, 1.165) is 24.3 Å². The Labute approximate surface area is 122 Å². The van der Waals surface area contributed by atoms with Gasteiger partial charge in [0, 0.05) is 13.0 Å². The fourth-order valence-electron chi connectivity index (χ4n) is 2.17. The molecule has 20 heavy (non-hydrogen) atoms. The first-order chi connectivity index (χ1) is 9.71. The number of anilines is 1. The number of carbonyl (C=O) groups excluding carboxylic acids is 1. The number of rotatable bonds is 5. The van der Waals surface area contributed by atoms with Crippen LogP contribution >= 0.6 is 11.3 Å². The van der Waals surface area contributed by atoms with Crippen LogP contribution in [0.5, 0.6) is 0 Å². The average Bonchev–Trinajstić information content (AvgIpc) is 2.81. The maximum Gasteiger partial charge on any atom is 0.226 e. The highest BCUT2D eigenvalue weighted by Gasteiger charge is 2.31. The summed E-state index contributed by atoms with van der Waals surface area (Å²) in [5.74, 6) is 6.10. The molecule has 0 spiro atoms. The van der Waals surface area contributed by atoms with Crippen LogP contribution in [0, 0.1) is 17.8 Å². The van der Waals surface area contributed by atoms with Crippen molar-refractivity contribution >= 4 is 22.4 Å². The summed E-state index contributed by atoms with van der Waals surface area (Å²) >= 11 is 1.37. The molecule has 6 heteroatoms. The lowest BCUT2D eigenvalue weighted by atomic mass is 9.80. The van der Waals surface area contributed by atoms with Gasteiger partial charge in [-0.25, -0.2) is 4.98 Å². The van der Waals surface area contributed by atoms with E-state index in [1.54, 1.807) is 6.20 Å². The zero-order valence-corrected chi connectivity index (χ0v) is 12.3. The number of aromatic nitrogens is 1. The number of nitrogens with two attached hydrogens (primary N) is 1. The molecule has 3 N–H and O–H groups in total. The van der Waals surface area contributed by atoms with Gasteiger partial charge in [0.15, 0.2) is 5.13 Å². The molecule has 1 amide bonds. The van der Waals surface area contributed by atoms with Crippen LogP contribution in [0.1, 0.15) is 31.1 Å². The van der Waals surface area contributed by atoms with Gasteiger partial charge in [-0.15, -0.1) is 0 Å². The lowest BCUT2D eigenvalue weighted by Gasteiger charge is -2.34. The van der Waals surface area contributed by atoms with Gasteiger partial charge >= 0.3 is 0 Å². The van der Waals surface area contributed by atoms with Crippen LogP contribution in [0.25, 0.3) is 0 Å². The molecule has 1 aromatic rings. The molecule has 1 saturated carbocycles. The van der Waals surface area contributed by atoms with Crippen molar-refractivity contribution in [2.45, 2.75) is 32.3 Å². The predicted molar refractivity (Wildman–Crippen MR) is 79.4 cm³/mol. The highest BCUT2D eigenvalue weighted by Crippen LogP contribution is 2.33. The van der Waals surface area contributed by atoms with Crippen LogP contribution in [-0.2, 0) is 9.53 Å². The first-order valence-electron chi connectivity index (χ1n) is 6.77. The van der Waals surface area contributed by atoms with Gasteiger partial charge in [0.05, 0.1) is 23.7 Å².